The second-order valence-electron chi connectivity index (χ2n) is 4.70. The molecule has 2 amide bonds. The smallest absolute Gasteiger partial charge is 0.326 e. The van der Waals surface area contributed by atoms with Crippen molar-refractivity contribution in [2.45, 2.75) is 38.8 Å². The van der Waals surface area contributed by atoms with Crippen molar-refractivity contribution in [3.8, 4) is 0 Å². The van der Waals surface area contributed by atoms with Gasteiger partial charge in [0.25, 0.3) is 0 Å². The van der Waals surface area contributed by atoms with Crippen molar-refractivity contribution < 1.29 is 14.1 Å². The van der Waals surface area contributed by atoms with Gasteiger partial charge >= 0.3 is 6.03 Å². The molecule has 2 heterocycles. The third-order valence-corrected chi connectivity index (χ3v) is 3.12. The van der Waals surface area contributed by atoms with Crippen molar-refractivity contribution in [3.05, 3.63) is 12.3 Å². The summed E-state index contributed by atoms with van der Waals surface area (Å²) < 4.78 is 4.69. The molecule has 2 rings (SSSR count). The van der Waals surface area contributed by atoms with Gasteiger partial charge in [-0.25, -0.2) is 9.59 Å². The Balaban J connectivity index is 2.23. The highest BCUT2D eigenvalue weighted by Gasteiger charge is 2.33. The Morgan fingerprint density at radius 3 is 3.05 bits per heavy atom. The molecule has 0 unspecified atom stereocenters. The third kappa shape index (κ3) is 2.66. The predicted molar refractivity (Wildman–Crippen MR) is 67.3 cm³/mol. The summed E-state index contributed by atoms with van der Waals surface area (Å²) in [4.78, 5) is 26.2. The van der Waals surface area contributed by atoms with E-state index < -0.39 is 0 Å². The highest BCUT2D eigenvalue weighted by molar-refractivity contribution is 5.91. The van der Waals surface area contributed by atoms with Gasteiger partial charge in [0, 0.05) is 23.9 Å². The molecular formula is C12H16N4O3. The molecule has 0 bridgehead atoms. The van der Waals surface area contributed by atoms with Crippen LogP contribution in [-0.4, -0.2) is 45.9 Å². The average Bonchev–Trinajstić information content (AvgIpc) is 3.00. The van der Waals surface area contributed by atoms with Crippen LogP contribution in [0.3, 0.4) is 0 Å². The van der Waals surface area contributed by atoms with Crippen molar-refractivity contribution in [1.29, 1.82) is 0 Å². The van der Waals surface area contributed by atoms with E-state index in [1.807, 2.05) is 13.8 Å². The molecule has 7 heteroatoms. The molecule has 0 spiro atoms. The fourth-order valence-electron chi connectivity index (χ4n) is 2.27. The van der Waals surface area contributed by atoms with Crippen LogP contribution in [0.1, 0.15) is 26.7 Å². The summed E-state index contributed by atoms with van der Waals surface area (Å²) in [5.74, 6) is 2.14. The van der Waals surface area contributed by atoms with Gasteiger partial charge in [-0.1, -0.05) is 5.10 Å². The summed E-state index contributed by atoms with van der Waals surface area (Å²) in [6.07, 6.45) is 4.38. The van der Waals surface area contributed by atoms with Crippen molar-refractivity contribution in [3.63, 3.8) is 0 Å². The minimum atomic E-state index is -0.195. The number of aromatic nitrogens is 2. The molecule has 1 aromatic rings. The van der Waals surface area contributed by atoms with Crippen molar-refractivity contribution in [2.75, 3.05) is 11.4 Å². The zero-order valence-electron chi connectivity index (χ0n) is 10.9. The molecule has 0 saturated carbocycles. The molecule has 0 aromatic carbocycles. The van der Waals surface area contributed by atoms with Gasteiger partial charge in [0.1, 0.15) is 5.94 Å². The lowest BCUT2D eigenvalue weighted by atomic mass is 10.2. The van der Waals surface area contributed by atoms with Gasteiger partial charge in [0.05, 0.1) is 6.04 Å². The summed E-state index contributed by atoms with van der Waals surface area (Å²) in [5.41, 5.74) is 0. The predicted octanol–water partition coefficient (Wildman–Crippen LogP) is 1.26. The van der Waals surface area contributed by atoms with Crippen molar-refractivity contribution in [1.82, 2.24) is 15.3 Å². The number of rotatable bonds is 3. The molecular weight excluding hydrogens is 248 g/mol. The van der Waals surface area contributed by atoms with Crippen LogP contribution < -0.4 is 4.90 Å². The monoisotopic (exact) mass is 264 g/mol. The lowest BCUT2D eigenvalue weighted by Crippen LogP contribution is -2.48. The van der Waals surface area contributed by atoms with Crippen molar-refractivity contribution in [2.24, 2.45) is 0 Å². The average molecular weight is 264 g/mol. The molecule has 1 fully saturated rings. The number of amides is 2. The van der Waals surface area contributed by atoms with E-state index in [-0.39, 0.29) is 18.1 Å². The van der Waals surface area contributed by atoms with Gasteiger partial charge in [0.2, 0.25) is 5.82 Å². The number of hydrogen-bond donors (Lipinski definition) is 0. The Bertz CT molecular complexity index is 479. The van der Waals surface area contributed by atoms with Crippen LogP contribution in [0.2, 0.25) is 0 Å². The Morgan fingerprint density at radius 1 is 1.68 bits per heavy atom. The number of anilines is 1. The number of hydrogen-bond acceptors (Lipinski definition) is 5. The molecule has 0 radical (unpaired) electrons. The standard InChI is InChI=1S/C12H16N4O3/c1-9(2)16(11-8-19-14-13-11)12(18)15-6-3-4-10(15)5-7-17/h5,8-10H,3-4,6H2,1-2H3/t10-/m0/s1. The van der Waals surface area contributed by atoms with Gasteiger partial charge in [0.15, 0.2) is 6.26 Å². The second-order valence-corrected chi connectivity index (χ2v) is 4.70. The minimum Gasteiger partial charge on any atom is -0.343 e. The van der Waals surface area contributed by atoms with Gasteiger partial charge < -0.3 is 9.42 Å². The molecule has 102 valence electrons. The first kappa shape index (κ1) is 13.3. The van der Waals surface area contributed by atoms with Gasteiger partial charge in [-0.3, -0.25) is 4.90 Å². The van der Waals surface area contributed by atoms with Gasteiger partial charge in [-0.15, -0.1) is 0 Å². The van der Waals surface area contributed by atoms with E-state index in [0.717, 1.165) is 12.8 Å². The summed E-state index contributed by atoms with van der Waals surface area (Å²) in [5, 5.41) is 7.16. The van der Waals surface area contributed by atoms with Crippen LogP contribution >= 0.6 is 0 Å². The zero-order valence-corrected chi connectivity index (χ0v) is 10.9. The first-order valence-electron chi connectivity index (χ1n) is 6.23. The molecule has 7 nitrogen and oxygen atoms in total. The van der Waals surface area contributed by atoms with E-state index >= 15 is 0 Å². The second kappa shape index (κ2) is 5.67. The first-order chi connectivity index (χ1) is 9.15. The number of carbonyl (C=O) groups is 1. The lowest BCUT2D eigenvalue weighted by Gasteiger charge is -2.31. The van der Waals surface area contributed by atoms with Crippen LogP contribution in [0.25, 0.3) is 0 Å². The molecule has 1 atom stereocenters. The van der Waals surface area contributed by atoms with Crippen LogP contribution in [0, 0.1) is 0 Å². The highest BCUT2D eigenvalue weighted by atomic mass is 16.5. The maximum atomic E-state index is 12.6. The number of likely N-dealkylation sites (tertiary alicyclic amines) is 1. The Morgan fingerprint density at radius 2 is 2.47 bits per heavy atom. The fraction of sp³-hybridized carbons (Fsp3) is 0.583. The van der Waals surface area contributed by atoms with Gasteiger partial charge in [-0.05, 0) is 26.7 Å². The van der Waals surface area contributed by atoms with E-state index in [9.17, 15) is 9.59 Å². The largest absolute Gasteiger partial charge is 0.343 e. The molecule has 1 saturated heterocycles. The molecule has 0 aliphatic carbocycles. The normalized spacial score (nSPS) is 18.5. The van der Waals surface area contributed by atoms with Crippen LogP contribution in [0.15, 0.2) is 16.9 Å². The topological polar surface area (TPSA) is 79.5 Å². The van der Waals surface area contributed by atoms with Crippen LogP contribution in [-0.2, 0) is 4.79 Å². The van der Waals surface area contributed by atoms with Crippen LogP contribution in [0.5, 0.6) is 0 Å². The Hall–Kier alpha value is -2.14. The SMILES string of the molecule is CC(C)N(C(=O)N1CCC[C@H]1C=C=O)c1conn1. The molecule has 19 heavy (non-hydrogen) atoms. The van der Waals surface area contributed by atoms with E-state index in [2.05, 4.69) is 14.9 Å². The van der Waals surface area contributed by atoms with E-state index in [0.29, 0.717) is 12.4 Å². The minimum absolute atomic E-state index is 0.0825. The number of carbonyl (C=O) groups excluding carboxylic acids is 2. The zero-order chi connectivity index (χ0) is 13.8. The molecule has 1 aliphatic heterocycles. The summed E-state index contributed by atoms with van der Waals surface area (Å²) in [6.45, 7) is 4.39. The fourth-order valence-corrected chi connectivity index (χ4v) is 2.27. The summed E-state index contributed by atoms with van der Waals surface area (Å²) in [6, 6.07) is -0.466. The summed E-state index contributed by atoms with van der Waals surface area (Å²) >= 11 is 0. The number of urea groups is 1. The third-order valence-electron chi connectivity index (χ3n) is 3.12. The molecule has 1 aromatic heterocycles. The van der Waals surface area contributed by atoms with E-state index in [1.54, 1.807) is 10.8 Å². The van der Waals surface area contributed by atoms with Crippen molar-refractivity contribution >= 4 is 17.8 Å². The van der Waals surface area contributed by atoms with E-state index in [1.165, 1.54) is 17.2 Å². The quantitative estimate of drug-likeness (QED) is 0.768. The molecule has 0 N–H and O–H groups in total. The highest BCUT2D eigenvalue weighted by Crippen LogP contribution is 2.23. The number of nitrogens with zero attached hydrogens (tertiary/aromatic N) is 4. The Labute approximate surface area is 110 Å². The van der Waals surface area contributed by atoms with E-state index in [4.69, 9.17) is 0 Å². The lowest BCUT2D eigenvalue weighted by molar-refractivity contribution is 0.205. The molecule has 1 aliphatic rings. The summed E-state index contributed by atoms with van der Waals surface area (Å²) in [7, 11) is 0. The Kier molecular flexibility index (Phi) is 3.97. The van der Waals surface area contributed by atoms with Crippen LogP contribution in [0.4, 0.5) is 10.6 Å². The first-order valence-corrected chi connectivity index (χ1v) is 6.23. The van der Waals surface area contributed by atoms with Gasteiger partial charge in [-0.2, -0.15) is 0 Å². The maximum absolute atomic E-state index is 12.6. The maximum Gasteiger partial charge on any atom is 0.326 e.